The zero-order valence-electron chi connectivity index (χ0n) is 10.6. The number of para-hydroxylation sites is 1. The lowest BCUT2D eigenvalue weighted by atomic mass is 10.3. The molecule has 0 aliphatic carbocycles. The molecule has 1 aromatic heterocycles. The van der Waals surface area contributed by atoms with Crippen molar-refractivity contribution in [2.75, 3.05) is 16.8 Å². The Morgan fingerprint density at radius 2 is 2.10 bits per heavy atom. The number of carbonyl (C=O) groups is 1. The first kappa shape index (κ1) is 15.2. The van der Waals surface area contributed by atoms with Gasteiger partial charge >= 0.3 is 6.18 Å². The molecule has 0 aliphatic heterocycles. The second-order valence-corrected chi connectivity index (χ2v) is 5.07. The molecule has 0 saturated carbocycles. The van der Waals surface area contributed by atoms with Gasteiger partial charge in [-0.1, -0.05) is 12.1 Å². The van der Waals surface area contributed by atoms with Gasteiger partial charge in [-0.15, -0.1) is 11.8 Å². The van der Waals surface area contributed by atoms with Crippen molar-refractivity contribution in [2.45, 2.75) is 11.1 Å². The predicted molar refractivity (Wildman–Crippen MR) is 74.2 cm³/mol. The molecule has 1 amide bonds. The maximum Gasteiger partial charge on any atom is 0.398 e. The van der Waals surface area contributed by atoms with Crippen molar-refractivity contribution in [3.05, 3.63) is 36.2 Å². The molecule has 112 valence electrons. The van der Waals surface area contributed by atoms with Crippen LogP contribution in [0.25, 0.3) is 0 Å². The van der Waals surface area contributed by atoms with Crippen LogP contribution in [0, 0.1) is 0 Å². The van der Waals surface area contributed by atoms with Crippen molar-refractivity contribution >= 4 is 29.0 Å². The molecule has 0 unspecified atom stereocenters. The van der Waals surface area contributed by atoms with Gasteiger partial charge in [0.25, 0.3) is 5.91 Å². The van der Waals surface area contributed by atoms with Gasteiger partial charge in [-0.05, 0) is 12.1 Å². The molecule has 0 radical (unpaired) electrons. The number of halogens is 3. The molecule has 2 aromatic rings. The predicted octanol–water partition coefficient (Wildman–Crippen LogP) is 2.90. The number of thioether (sulfide) groups is 1. The van der Waals surface area contributed by atoms with E-state index in [-0.39, 0.29) is 17.1 Å². The Morgan fingerprint density at radius 1 is 1.38 bits per heavy atom. The number of alkyl halides is 3. The summed E-state index contributed by atoms with van der Waals surface area (Å²) in [4.78, 5) is 12.3. The second kappa shape index (κ2) is 6.08. The lowest BCUT2D eigenvalue weighted by molar-refractivity contribution is -0.105. The van der Waals surface area contributed by atoms with Gasteiger partial charge in [-0.2, -0.15) is 18.3 Å². The summed E-state index contributed by atoms with van der Waals surface area (Å²) in [5.74, 6) is -1.60. The number of aromatic amines is 1. The number of nitrogens with one attached hydrogen (secondary N) is 2. The fraction of sp³-hybridized carbons (Fsp3) is 0.167. The maximum atomic E-state index is 12.3. The van der Waals surface area contributed by atoms with Crippen LogP contribution in [0.3, 0.4) is 0 Å². The SMILES string of the molecule is Nc1cn[nH]c1C(=O)Nc1ccccc1SCC(F)(F)F. The maximum absolute atomic E-state index is 12.3. The number of nitrogen functional groups attached to an aromatic ring is 1. The highest BCUT2D eigenvalue weighted by Crippen LogP contribution is 2.32. The molecule has 0 fully saturated rings. The quantitative estimate of drug-likeness (QED) is 0.757. The van der Waals surface area contributed by atoms with Crippen LogP contribution in [0.2, 0.25) is 0 Å². The summed E-state index contributed by atoms with van der Waals surface area (Å²) in [5, 5.41) is 8.55. The van der Waals surface area contributed by atoms with E-state index in [2.05, 4.69) is 15.5 Å². The first-order chi connectivity index (χ1) is 9.87. The van der Waals surface area contributed by atoms with Gasteiger partial charge in [0.2, 0.25) is 0 Å². The van der Waals surface area contributed by atoms with E-state index < -0.39 is 17.8 Å². The van der Waals surface area contributed by atoms with Crippen LogP contribution in [-0.2, 0) is 0 Å². The van der Waals surface area contributed by atoms with Crippen molar-refractivity contribution in [3.8, 4) is 0 Å². The van der Waals surface area contributed by atoms with Crippen molar-refractivity contribution in [1.82, 2.24) is 10.2 Å². The van der Waals surface area contributed by atoms with E-state index in [0.717, 1.165) is 0 Å². The average Bonchev–Trinajstić information content (AvgIpc) is 2.83. The minimum atomic E-state index is -4.28. The minimum absolute atomic E-state index is 0.0608. The molecule has 5 nitrogen and oxygen atoms in total. The molecule has 0 atom stereocenters. The number of nitrogens with two attached hydrogens (primary N) is 1. The third kappa shape index (κ3) is 4.15. The van der Waals surface area contributed by atoms with E-state index >= 15 is 0 Å². The van der Waals surface area contributed by atoms with Gasteiger partial charge < -0.3 is 11.1 Å². The number of hydrogen-bond donors (Lipinski definition) is 3. The van der Waals surface area contributed by atoms with Gasteiger partial charge in [0.05, 0.1) is 23.3 Å². The molecule has 0 spiro atoms. The number of aromatic nitrogens is 2. The molecule has 21 heavy (non-hydrogen) atoms. The van der Waals surface area contributed by atoms with E-state index in [4.69, 9.17) is 5.73 Å². The highest BCUT2D eigenvalue weighted by atomic mass is 32.2. The van der Waals surface area contributed by atoms with Crippen LogP contribution >= 0.6 is 11.8 Å². The third-order valence-electron chi connectivity index (χ3n) is 2.42. The molecule has 1 heterocycles. The molecular weight excluding hydrogens is 305 g/mol. The summed E-state index contributed by atoms with van der Waals surface area (Å²) in [6.45, 7) is 0. The Balaban J connectivity index is 2.13. The Labute approximate surface area is 122 Å². The number of nitrogens with zero attached hydrogens (tertiary/aromatic N) is 1. The first-order valence-electron chi connectivity index (χ1n) is 5.75. The summed E-state index contributed by atoms with van der Waals surface area (Å²) in [6.07, 6.45) is -3.01. The van der Waals surface area contributed by atoms with Gasteiger partial charge in [0.15, 0.2) is 0 Å². The van der Waals surface area contributed by atoms with E-state index in [1.54, 1.807) is 12.1 Å². The van der Waals surface area contributed by atoms with E-state index in [0.29, 0.717) is 16.7 Å². The van der Waals surface area contributed by atoms with Crippen LogP contribution in [0.4, 0.5) is 24.5 Å². The fourth-order valence-corrected chi connectivity index (χ4v) is 2.29. The highest BCUT2D eigenvalue weighted by Gasteiger charge is 2.27. The Hall–Kier alpha value is -2.16. The smallest absolute Gasteiger partial charge is 0.396 e. The number of anilines is 2. The fourth-order valence-electron chi connectivity index (χ4n) is 1.52. The van der Waals surface area contributed by atoms with E-state index in [1.807, 2.05) is 0 Å². The van der Waals surface area contributed by atoms with Crippen LogP contribution in [0.15, 0.2) is 35.4 Å². The van der Waals surface area contributed by atoms with Gasteiger partial charge in [-0.25, -0.2) is 0 Å². The number of carbonyl (C=O) groups excluding carboxylic acids is 1. The minimum Gasteiger partial charge on any atom is -0.396 e. The van der Waals surface area contributed by atoms with E-state index in [1.165, 1.54) is 18.3 Å². The molecule has 0 bridgehead atoms. The van der Waals surface area contributed by atoms with Crippen molar-refractivity contribution in [1.29, 1.82) is 0 Å². The number of benzene rings is 1. The molecular formula is C12H11F3N4OS. The monoisotopic (exact) mass is 316 g/mol. The van der Waals surface area contributed by atoms with Crippen LogP contribution < -0.4 is 11.1 Å². The largest absolute Gasteiger partial charge is 0.398 e. The second-order valence-electron chi connectivity index (χ2n) is 4.05. The number of rotatable bonds is 4. The Morgan fingerprint density at radius 3 is 2.71 bits per heavy atom. The molecule has 0 aliphatic rings. The zero-order chi connectivity index (χ0) is 15.5. The number of H-pyrrole nitrogens is 1. The number of hydrogen-bond acceptors (Lipinski definition) is 4. The first-order valence-corrected chi connectivity index (χ1v) is 6.74. The molecule has 0 saturated heterocycles. The Kier molecular flexibility index (Phi) is 4.41. The lowest BCUT2D eigenvalue weighted by Crippen LogP contribution is -2.15. The summed E-state index contributed by atoms with van der Waals surface area (Å²) in [7, 11) is 0. The molecule has 4 N–H and O–H groups in total. The normalized spacial score (nSPS) is 11.4. The van der Waals surface area contributed by atoms with Gasteiger partial charge in [0, 0.05) is 4.90 Å². The molecule has 1 aromatic carbocycles. The van der Waals surface area contributed by atoms with Gasteiger partial charge in [-0.3, -0.25) is 9.89 Å². The van der Waals surface area contributed by atoms with Crippen molar-refractivity contribution < 1.29 is 18.0 Å². The Bertz CT molecular complexity index is 641. The summed E-state index contributed by atoms with van der Waals surface area (Å²) >= 11 is 0.601. The average molecular weight is 316 g/mol. The lowest BCUT2D eigenvalue weighted by Gasteiger charge is -2.11. The summed E-state index contributed by atoms with van der Waals surface area (Å²) in [5.41, 5.74) is 6.04. The molecule has 2 rings (SSSR count). The van der Waals surface area contributed by atoms with E-state index in [9.17, 15) is 18.0 Å². The van der Waals surface area contributed by atoms with Crippen molar-refractivity contribution in [2.24, 2.45) is 0 Å². The standard InChI is InChI=1S/C12H11F3N4OS/c13-12(14,15)6-21-9-4-2-1-3-8(9)18-11(20)10-7(16)5-17-19-10/h1-5H,6,16H2,(H,17,19)(H,18,20). The topological polar surface area (TPSA) is 83.8 Å². The van der Waals surface area contributed by atoms with Crippen LogP contribution in [-0.4, -0.2) is 28.0 Å². The van der Waals surface area contributed by atoms with Crippen LogP contribution in [0.1, 0.15) is 10.5 Å². The van der Waals surface area contributed by atoms with Gasteiger partial charge in [0.1, 0.15) is 5.69 Å². The van der Waals surface area contributed by atoms with Crippen molar-refractivity contribution in [3.63, 3.8) is 0 Å². The third-order valence-corrected chi connectivity index (χ3v) is 3.56. The zero-order valence-corrected chi connectivity index (χ0v) is 11.4. The summed E-state index contributed by atoms with van der Waals surface area (Å²) in [6, 6.07) is 6.23. The molecule has 9 heteroatoms. The number of amides is 1. The summed E-state index contributed by atoms with van der Waals surface area (Å²) < 4.78 is 36.8. The highest BCUT2D eigenvalue weighted by molar-refractivity contribution is 7.99. The van der Waals surface area contributed by atoms with Crippen LogP contribution in [0.5, 0.6) is 0 Å².